The first-order chi connectivity index (χ1) is 46.9. The first kappa shape index (κ1) is 95.1. The van der Waals surface area contributed by atoms with Crippen molar-refractivity contribution in [2.75, 3.05) is 39.6 Å². The summed E-state index contributed by atoms with van der Waals surface area (Å²) in [5.41, 5.74) is 0. The van der Waals surface area contributed by atoms with E-state index < -0.39 is 97.5 Å². The minimum absolute atomic E-state index is 0.104. The molecule has 0 aliphatic rings. The van der Waals surface area contributed by atoms with Crippen LogP contribution in [0.2, 0.25) is 0 Å². The number of phosphoric acid groups is 2. The van der Waals surface area contributed by atoms with E-state index in [1.165, 1.54) is 225 Å². The highest BCUT2D eigenvalue weighted by molar-refractivity contribution is 7.47. The predicted molar refractivity (Wildman–Crippen MR) is 395 cm³/mol. The topological polar surface area (TPSA) is 237 Å². The quantitative estimate of drug-likeness (QED) is 0.0222. The Morgan fingerprint density at radius 3 is 0.701 bits per heavy atom. The molecule has 3 N–H and O–H groups in total. The maximum atomic E-state index is 13.1. The van der Waals surface area contributed by atoms with Gasteiger partial charge in [0, 0.05) is 25.7 Å². The number of phosphoric ester groups is 2. The molecule has 576 valence electrons. The lowest BCUT2D eigenvalue weighted by atomic mass is 10.0. The average Bonchev–Trinajstić information content (AvgIpc) is 1.47. The minimum Gasteiger partial charge on any atom is -0.462 e. The molecule has 2 unspecified atom stereocenters. The summed E-state index contributed by atoms with van der Waals surface area (Å²) >= 11 is 0. The molecule has 0 rings (SSSR count). The maximum absolute atomic E-state index is 13.1. The Bertz CT molecular complexity index is 1870. The molecule has 97 heavy (non-hydrogen) atoms. The fourth-order valence-electron chi connectivity index (χ4n) is 12.0. The van der Waals surface area contributed by atoms with E-state index in [2.05, 4.69) is 41.5 Å². The SMILES string of the molecule is CCCCCCCCCCCCCCCCCCCCCCC(=O)O[C@H](COC(=O)CCCCCCCCCCCCCCCCCC(C)C)COP(=O)(O)OC[C@@H](O)COP(=O)(O)OC[C@@H](COC(=O)CCCCCCCCCCC)OC(=O)CCCCCCCCCC(C)C. The summed E-state index contributed by atoms with van der Waals surface area (Å²) in [4.78, 5) is 72.8. The van der Waals surface area contributed by atoms with Crippen LogP contribution in [0.5, 0.6) is 0 Å². The van der Waals surface area contributed by atoms with Crippen molar-refractivity contribution in [3.8, 4) is 0 Å². The highest BCUT2D eigenvalue weighted by Crippen LogP contribution is 2.45. The van der Waals surface area contributed by atoms with Gasteiger partial charge in [0.05, 0.1) is 26.4 Å². The van der Waals surface area contributed by atoms with E-state index in [1.807, 2.05) is 0 Å². The Balaban J connectivity index is 5.19. The molecule has 0 aromatic carbocycles. The second-order valence-electron chi connectivity index (χ2n) is 29.1. The lowest BCUT2D eigenvalue weighted by Gasteiger charge is -2.21. The van der Waals surface area contributed by atoms with Crippen LogP contribution in [0.3, 0.4) is 0 Å². The molecule has 17 nitrogen and oxygen atoms in total. The molecule has 5 atom stereocenters. The van der Waals surface area contributed by atoms with E-state index in [0.29, 0.717) is 31.6 Å². The highest BCUT2D eigenvalue weighted by atomic mass is 31.2. The molecule has 0 aliphatic heterocycles. The second-order valence-corrected chi connectivity index (χ2v) is 32.0. The van der Waals surface area contributed by atoms with E-state index in [1.54, 1.807) is 0 Å². The van der Waals surface area contributed by atoms with Crippen molar-refractivity contribution in [2.24, 2.45) is 11.8 Å². The molecule has 0 saturated heterocycles. The Labute approximate surface area is 594 Å². The van der Waals surface area contributed by atoms with Crippen LogP contribution in [0.4, 0.5) is 0 Å². The summed E-state index contributed by atoms with van der Waals surface area (Å²) in [6, 6.07) is 0. The summed E-state index contributed by atoms with van der Waals surface area (Å²) in [6.45, 7) is 9.55. The maximum Gasteiger partial charge on any atom is 0.472 e. The second kappa shape index (κ2) is 69.8. The summed E-state index contributed by atoms with van der Waals surface area (Å²) < 4.78 is 68.5. The zero-order valence-electron chi connectivity index (χ0n) is 63.4. The van der Waals surface area contributed by atoms with E-state index in [4.69, 9.17) is 37.0 Å². The first-order valence-corrected chi connectivity index (χ1v) is 43.5. The normalized spacial score (nSPS) is 14.0. The van der Waals surface area contributed by atoms with Crippen molar-refractivity contribution >= 4 is 39.5 Å². The van der Waals surface area contributed by atoms with Gasteiger partial charge in [-0.25, -0.2) is 9.13 Å². The van der Waals surface area contributed by atoms with Crippen molar-refractivity contribution in [1.29, 1.82) is 0 Å². The van der Waals surface area contributed by atoms with Gasteiger partial charge in [0.25, 0.3) is 0 Å². The van der Waals surface area contributed by atoms with E-state index in [9.17, 15) is 43.2 Å². The molecule has 0 spiro atoms. The predicted octanol–water partition coefficient (Wildman–Crippen LogP) is 23.1. The molecule has 0 bridgehead atoms. The number of rotatable bonds is 77. The zero-order valence-corrected chi connectivity index (χ0v) is 65.2. The lowest BCUT2D eigenvalue weighted by molar-refractivity contribution is -0.161. The molecule has 0 fully saturated rings. The number of carbonyl (C=O) groups excluding carboxylic acids is 4. The van der Waals surface area contributed by atoms with Crippen molar-refractivity contribution in [2.45, 2.75) is 426 Å². The van der Waals surface area contributed by atoms with E-state index in [0.717, 1.165) is 95.8 Å². The summed E-state index contributed by atoms with van der Waals surface area (Å²) in [5, 5.41) is 10.6. The summed E-state index contributed by atoms with van der Waals surface area (Å²) in [5.74, 6) is -0.615. The first-order valence-electron chi connectivity index (χ1n) is 40.5. The van der Waals surface area contributed by atoms with Crippen LogP contribution in [0.15, 0.2) is 0 Å². The largest absolute Gasteiger partial charge is 0.472 e. The van der Waals surface area contributed by atoms with Gasteiger partial charge in [-0.3, -0.25) is 37.3 Å². The number of hydrogen-bond donors (Lipinski definition) is 3. The van der Waals surface area contributed by atoms with E-state index >= 15 is 0 Å². The van der Waals surface area contributed by atoms with Gasteiger partial charge in [-0.1, -0.05) is 356 Å². The molecule has 0 heterocycles. The van der Waals surface area contributed by atoms with Gasteiger partial charge in [-0.05, 0) is 37.5 Å². The third-order valence-corrected chi connectivity index (χ3v) is 20.1. The van der Waals surface area contributed by atoms with Gasteiger partial charge in [0.2, 0.25) is 0 Å². The monoisotopic (exact) mass is 1420 g/mol. The number of esters is 4. The molecule has 19 heteroatoms. The number of carbonyl (C=O) groups is 4. The highest BCUT2D eigenvalue weighted by Gasteiger charge is 2.30. The van der Waals surface area contributed by atoms with Crippen LogP contribution in [0, 0.1) is 11.8 Å². The van der Waals surface area contributed by atoms with Gasteiger partial charge < -0.3 is 33.8 Å². The van der Waals surface area contributed by atoms with Crippen LogP contribution in [-0.2, 0) is 65.4 Å². The zero-order chi connectivity index (χ0) is 71.4. The van der Waals surface area contributed by atoms with Gasteiger partial charge in [-0.2, -0.15) is 0 Å². The molecular weight excluding hydrogens is 1270 g/mol. The van der Waals surface area contributed by atoms with Crippen molar-refractivity contribution in [1.82, 2.24) is 0 Å². The van der Waals surface area contributed by atoms with Gasteiger partial charge in [0.15, 0.2) is 12.2 Å². The smallest absolute Gasteiger partial charge is 0.462 e. The lowest BCUT2D eigenvalue weighted by Crippen LogP contribution is -2.30. The number of hydrogen-bond acceptors (Lipinski definition) is 15. The Morgan fingerprint density at radius 2 is 0.474 bits per heavy atom. The van der Waals surface area contributed by atoms with Crippen molar-refractivity contribution in [3.05, 3.63) is 0 Å². The summed E-state index contributed by atoms with van der Waals surface area (Å²) in [6.07, 6.45) is 58.5. The molecule has 0 amide bonds. The average molecular weight is 1420 g/mol. The minimum atomic E-state index is -4.96. The molecule has 0 radical (unpaired) electrons. The number of unbranched alkanes of at least 4 members (excludes halogenated alkanes) is 47. The Hall–Kier alpha value is -1.94. The number of ether oxygens (including phenoxy) is 4. The van der Waals surface area contributed by atoms with Gasteiger partial charge in [-0.15, -0.1) is 0 Å². The van der Waals surface area contributed by atoms with Crippen LogP contribution in [0.1, 0.15) is 408 Å². The van der Waals surface area contributed by atoms with Crippen LogP contribution < -0.4 is 0 Å². The molecule has 0 saturated carbocycles. The van der Waals surface area contributed by atoms with Crippen LogP contribution in [0.25, 0.3) is 0 Å². The fraction of sp³-hybridized carbons (Fsp3) is 0.949. The van der Waals surface area contributed by atoms with Crippen LogP contribution >= 0.6 is 15.6 Å². The molecule has 0 aliphatic carbocycles. The van der Waals surface area contributed by atoms with Gasteiger partial charge >= 0.3 is 39.5 Å². The third-order valence-electron chi connectivity index (χ3n) is 18.2. The molecular formula is C78H152O17P2. The summed E-state index contributed by atoms with van der Waals surface area (Å²) in [7, 11) is -9.91. The van der Waals surface area contributed by atoms with Crippen molar-refractivity contribution in [3.63, 3.8) is 0 Å². The standard InChI is InChI=1S/C78H152O17P2/c1-7-9-11-13-15-17-18-19-20-21-22-23-24-27-31-34-38-44-50-56-62-77(82)94-73(66-89-76(81)61-55-49-43-37-33-30-28-25-26-29-32-36-40-46-52-58-70(3)4)68-92-96(84,85)90-64-72(79)65-91-97(86,87)93-69-74(67-88-75(80)60-54-48-42-35-16-14-12-10-8-2)95-78(83)63-57-51-45-39-41-47-53-59-71(5)6/h70-74,79H,7-69H2,1-6H3,(H,84,85)(H,86,87)/t72-,73-,74-/m1/s1. The molecule has 0 aromatic heterocycles. The van der Waals surface area contributed by atoms with Crippen molar-refractivity contribution < 1.29 is 80.2 Å². The van der Waals surface area contributed by atoms with Gasteiger partial charge in [0.1, 0.15) is 19.3 Å². The third kappa shape index (κ3) is 72.2. The van der Waals surface area contributed by atoms with E-state index in [-0.39, 0.29) is 25.7 Å². The van der Waals surface area contributed by atoms with Crippen LogP contribution in [-0.4, -0.2) is 96.7 Å². The fourth-order valence-corrected chi connectivity index (χ4v) is 13.6. The Kier molecular flexibility index (Phi) is 68.4. The molecule has 0 aromatic rings. The number of aliphatic hydroxyl groups excluding tert-OH is 1. The number of aliphatic hydroxyl groups is 1. The Morgan fingerprint density at radius 1 is 0.278 bits per heavy atom.